The average Bonchev–Trinajstić information content (AvgIpc) is 3.29. The summed E-state index contributed by atoms with van der Waals surface area (Å²) < 4.78 is 12.4. The first kappa shape index (κ1) is 28.3. The van der Waals surface area contributed by atoms with Crippen molar-refractivity contribution in [2.75, 3.05) is 13.2 Å². The van der Waals surface area contributed by atoms with E-state index in [1.165, 1.54) is 0 Å². The lowest BCUT2D eigenvalue weighted by molar-refractivity contribution is -0.140. The van der Waals surface area contributed by atoms with Crippen LogP contribution in [-0.2, 0) is 14.0 Å². The smallest absolute Gasteiger partial charge is 0.407 e. The molecule has 0 unspecified atom stereocenters. The van der Waals surface area contributed by atoms with E-state index in [4.69, 9.17) is 9.16 Å². The number of carbonyl (C=O) groups is 2. The van der Waals surface area contributed by atoms with Crippen molar-refractivity contribution in [2.24, 2.45) is 0 Å². The summed E-state index contributed by atoms with van der Waals surface area (Å²) in [6, 6.07) is 34.8. The van der Waals surface area contributed by atoms with Crippen LogP contribution in [0.1, 0.15) is 37.8 Å². The zero-order chi connectivity index (χ0) is 29.0. The second-order valence-corrected chi connectivity index (χ2v) is 15.6. The van der Waals surface area contributed by atoms with E-state index in [9.17, 15) is 14.7 Å². The van der Waals surface area contributed by atoms with E-state index in [-0.39, 0.29) is 24.2 Å². The highest BCUT2D eigenvalue weighted by Gasteiger charge is 2.50. The van der Waals surface area contributed by atoms with Crippen LogP contribution in [0.4, 0.5) is 4.79 Å². The van der Waals surface area contributed by atoms with Crippen molar-refractivity contribution >= 4 is 30.8 Å². The molecule has 0 radical (unpaired) electrons. The standard InChI is InChI=1S/C34H35NO5Si/c1-34(2,3)41(24-14-6-4-7-15-24,25-16-8-5-9-17-25)40-23-31(32(36)37)35-33(38)39-22-30-28-20-12-10-18-26(28)27-19-11-13-21-29(27)30/h4-21,30-31H,22-23H2,1-3H3,(H,35,38)(H,36,37)/t31-/m1/s1. The number of aliphatic carboxylic acids is 1. The van der Waals surface area contributed by atoms with Gasteiger partial charge in [-0.1, -0.05) is 130 Å². The van der Waals surface area contributed by atoms with Crippen molar-refractivity contribution in [3.8, 4) is 11.1 Å². The van der Waals surface area contributed by atoms with Gasteiger partial charge >= 0.3 is 12.1 Å². The zero-order valence-corrected chi connectivity index (χ0v) is 24.5. The Bertz CT molecular complexity index is 1430. The van der Waals surface area contributed by atoms with Gasteiger partial charge in [0.2, 0.25) is 0 Å². The number of ether oxygens (including phenoxy) is 1. The number of rotatable bonds is 9. The monoisotopic (exact) mass is 565 g/mol. The minimum atomic E-state index is -2.98. The molecule has 210 valence electrons. The molecule has 0 saturated carbocycles. The van der Waals surface area contributed by atoms with Crippen molar-refractivity contribution < 1.29 is 23.9 Å². The van der Waals surface area contributed by atoms with Gasteiger partial charge in [-0.25, -0.2) is 9.59 Å². The predicted octanol–water partition coefficient (Wildman–Crippen LogP) is 5.55. The Morgan fingerprint density at radius 3 is 1.71 bits per heavy atom. The van der Waals surface area contributed by atoms with Crippen LogP contribution in [0.15, 0.2) is 109 Å². The Hall–Kier alpha value is -4.20. The van der Waals surface area contributed by atoms with E-state index in [2.05, 4.69) is 38.2 Å². The summed E-state index contributed by atoms with van der Waals surface area (Å²) in [7, 11) is -2.98. The quantitative estimate of drug-likeness (QED) is 0.260. The maximum Gasteiger partial charge on any atom is 0.407 e. The molecule has 1 aliphatic carbocycles. The number of amides is 1. The molecule has 0 aliphatic heterocycles. The van der Waals surface area contributed by atoms with Gasteiger partial charge in [0.1, 0.15) is 6.61 Å². The van der Waals surface area contributed by atoms with E-state index < -0.39 is 26.4 Å². The molecule has 7 heteroatoms. The fourth-order valence-corrected chi connectivity index (χ4v) is 10.5. The molecule has 6 nitrogen and oxygen atoms in total. The molecule has 0 bridgehead atoms. The summed E-state index contributed by atoms with van der Waals surface area (Å²) in [6.45, 7) is 6.25. The highest BCUT2D eigenvalue weighted by molar-refractivity contribution is 6.99. The summed E-state index contributed by atoms with van der Waals surface area (Å²) in [4.78, 5) is 25.3. The molecule has 4 aromatic carbocycles. The second kappa shape index (κ2) is 11.7. The number of fused-ring (bicyclic) bond motifs is 3. The number of carbonyl (C=O) groups excluding carboxylic acids is 1. The minimum Gasteiger partial charge on any atom is -0.480 e. The maximum absolute atomic E-state index is 13.0. The molecule has 0 heterocycles. The van der Waals surface area contributed by atoms with Crippen molar-refractivity contribution in [1.29, 1.82) is 0 Å². The zero-order valence-electron chi connectivity index (χ0n) is 23.5. The number of hydrogen-bond donors (Lipinski definition) is 2. The SMILES string of the molecule is CC(C)(C)[Si](OC[C@@H](NC(=O)OCC1c2ccccc2-c2ccccc21)C(=O)O)(c1ccccc1)c1ccccc1. The van der Waals surface area contributed by atoms with Crippen LogP contribution in [0.2, 0.25) is 5.04 Å². The lowest BCUT2D eigenvalue weighted by atomic mass is 9.98. The van der Waals surface area contributed by atoms with Gasteiger partial charge in [-0.2, -0.15) is 0 Å². The molecule has 0 spiro atoms. The molecule has 1 atom stereocenters. The molecule has 4 aromatic rings. The fourth-order valence-electron chi connectivity index (χ4n) is 5.93. The first-order valence-corrected chi connectivity index (χ1v) is 15.7. The number of carboxylic acid groups (broad SMARTS) is 1. The van der Waals surface area contributed by atoms with E-state index >= 15 is 0 Å². The van der Waals surface area contributed by atoms with E-state index in [0.29, 0.717) is 0 Å². The number of hydrogen-bond acceptors (Lipinski definition) is 4. The van der Waals surface area contributed by atoms with Gasteiger partial charge in [-0.05, 0) is 37.7 Å². The third-order valence-corrected chi connectivity index (χ3v) is 12.8. The largest absolute Gasteiger partial charge is 0.480 e. The van der Waals surface area contributed by atoms with Crippen LogP contribution >= 0.6 is 0 Å². The van der Waals surface area contributed by atoms with Crippen molar-refractivity contribution in [3.63, 3.8) is 0 Å². The van der Waals surface area contributed by atoms with Crippen molar-refractivity contribution in [3.05, 3.63) is 120 Å². The van der Waals surface area contributed by atoms with Gasteiger partial charge in [-0.15, -0.1) is 0 Å². The summed E-state index contributed by atoms with van der Waals surface area (Å²) in [5, 5.41) is 14.4. The minimum absolute atomic E-state index is 0.0990. The lowest BCUT2D eigenvalue weighted by Crippen LogP contribution is -2.67. The first-order valence-electron chi connectivity index (χ1n) is 13.8. The Labute approximate surface area is 242 Å². The summed E-state index contributed by atoms with van der Waals surface area (Å²) in [6.07, 6.45) is -0.787. The van der Waals surface area contributed by atoms with Crippen LogP contribution in [0, 0.1) is 0 Å². The Morgan fingerprint density at radius 2 is 1.24 bits per heavy atom. The molecule has 0 aromatic heterocycles. The molecular formula is C34H35NO5Si. The van der Waals surface area contributed by atoms with Crippen LogP contribution in [-0.4, -0.2) is 44.7 Å². The summed E-state index contributed by atoms with van der Waals surface area (Å²) in [5.41, 5.74) is 4.43. The topological polar surface area (TPSA) is 84.9 Å². The highest BCUT2D eigenvalue weighted by Crippen LogP contribution is 2.44. The van der Waals surface area contributed by atoms with E-state index in [1.807, 2.05) is 97.1 Å². The maximum atomic E-state index is 13.0. The van der Waals surface area contributed by atoms with Gasteiger partial charge in [-0.3, -0.25) is 0 Å². The number of nitrogens with one attached hydrogen (secondary N) is 1. The molecule has 1 aliphatic rings. The van der Waals surface area contributed by atoms with Gasteiger partial charge in [0, 0.05) is 5.92 Å². The molecule has 5 rings (SSSR count). The molecule has 2 N–H and O–H groups in total. The van der Waals surface area contributed by atoms with Crippen molar-refractivity contribution in [2.45, 2.75) is 37.8 Å². The van der Waals surface area contributed by atoms with Gasteiger partial charge in [0.25, 0.3) is 8.32 Å². The summed E-state index contributed by atoms with van der Waals surface area (Å²) >= 11 is 0. The average molecular weight is 566 g/mol. The lowest BCUT2D eigenvalue weighted by Gasteiger charge is -2.43. The molecule has 1 amide bonds. The van der Waals surface area contributed by atoms with Gasteiger partial charge in [0.15, 0.2) is 6.04 Å². The third-order valence-electron chi connectivity index (χ3n) is 7.82. The summed E-state index contributed by atoms with van der Waals surface area (Å²) in [5.74, 6) is -1.30. The van der Waals surface area contributed by atoms with Crippen molar-refractivity contribution in [1.82, 2.24) is 5.32 Å². The van der Waals surface area contributed by atoms with Crippen LogP contribution in [0.3, 0.4) is 0 Å². The van der Waals surface area contributed by atoms with E-state index in [1.54, 1.807) is 0 Å². The predicted molar refractivity (Wildman–Crippen MR) is 163 cm³/mol. The number of carboxylic acids is 1. The fraction of sp³-hybridized carbons (Fsp3) is 0.235. The third kappa shape index (κ3) is 5.55. The molecule has 0 saturated heterocycles. The molecular weight excluding hydrogens is 530 g/mol. The Kier molecular flexibility index (Phi) is 8.10. The Morgan fingerprint density at radius 1 is 0.780 bits per heavy atom. The second-order valence-electron chi connectivity index (χ2n) is 11.3. The highest BCUT2D eigenvalue weighted by atomic mass is 28.4. The van der Waals surface area contributed by atoms with E-state index in [0.717, 1.165) is 32.6 Å². The van der Waals surface area contributed by atoms with Crippen LogP contribution in [0.25, 0.3) is 11.1 Å². The van der Waals surface area contributed by atoms with Gasteiger partial charge in [0.05, 0.1) is 6.61 Å². The normalized spacial score (nSPS) is 13.6. The number of benzene rings is 4. The van der Waals surface area contributed by atoms with Gasteiger partial charge < -0.3 is 19.6 Å². The molecule has 41 heavy (non-hydrogen) atoms. The van der Waals surface area contributed by atoms with Crippen LogP contribution < -0.4 is 15.7 Å². The number of alkyl carbamates (subject to hydrolysis) is 1. The van der Waals surface area contributed by atoms with Crippen LogP contribution in [0.5, 0.6) is 0 Å². The molecule has 0 fully saturated rings. The first-order chi connectivity index (χ1) is 19.7. The Balaban J connectivity index is 1.34.